The first kappa shape index (κ1) is 16.2. The van der Waals surface area contributed by atoms with Crippen LogP contribution >= 0.6 is 11.3 Å². The molecule has 26 heavy (non-hydrogen) atoms. The fourth-order valence-corrected chi connectivity index (χ4v) is 3.33. The molecular weight excluding hydrogens is 346 g/mol. The Morgan fingerprint density at radius 1 is 1.00 bits per heavy atom. The van der Waals surface area contributed by atoms with E-state index in [-0.39, 0.29) is 5.91 Å². The minimum atomic E-state index is -0.270. The molecule has 7 heteroatoms. The first-order chi connectivity index (χ1) is 12.8. The number of hydrogen-bond acceptors (Lipinski definition) is 5. The summed E-state index contributed by atoms with van der Waals surface area (Å²) in [6.07, 6.45) is 3.84. The van der Waals surface area contributed by atoms with E-state index in [1.807, 2.05) is 60.7 Å². The summed E-state index contributed by atoms with van der Waals surface area (Å²) >= 11 is 1.37. The number of nitrogens with one attached hydrogen (secondary N) is 1. The van der Waals surface area contributed by atoms with E-state index in [0.717, 1.165) is 16.3 Å². The number of amides is 1. The van der Waals surface area contributed by atoms with Gasteiger partial charge in [0.1, 0.15) is 10.7 Å². The van der Waals surface area contributed by atoms with Crippen molar-refractivity contribution in [3.63, 3.8) is 0 Å². The minimum Gasteiger partial charge on any atom is -0.295 e. The van der Waals surface area contributed by atoms with Crippen LogP contribution in [0.4, 0.5) is 5.13 Å². The zero-order valence-corrected chi connectivity index (χ0v) is 14.6. The molecule has 1 N–H and O–H groups in total. The number of aromatic nitrogens is 4. The van der Waals surface area contributed by atoms with Gasteiger partial charge in [-0.05, 0) is 17.7 Å². The summed E-state index contributed by atoms with van der Waals surface area (Å²) in [6.45, 7) is 0. The Bertz CT molecular complexity index is 1010. The lowest BCUT2D eigenvalue weighted by Crippen LogP contribution is -2.15. The van der Waals surface area contributed by atoms with Crippen LogP contribution in [0.2, 0.25) is 0 Å². The molecule has 0 unspecified atom stereocenters. The number of hydrogen-bond donors (Lipinski definition) is 1. The Balaban J connectivity index is 1.49. The molecule has 128 valence electrons. The Morgan fingerprint density at radius 3 is 2.50 bits per heavy atom. The lowest BCUT2D eigenvalue weighted by molar-refractivity contribution is 0.102. The number of anilines is 1. The third-order valence-electron chi connectivity index (χ3n) is 3.79. The van der Waals surface area contributed by atoms with Crippen molar-refractivity contribution in [1.82, 2.24) is 19.7 Å². The van der Waals surface area contributed by atoms with Crippen molar-refractivity contribution in [3.05, 3.63) is 89.5 Å². The SMILES string of the molecule is O=C(Nc1nnc(Cc2ccccc2)s1)c1cncn1-c1ccccc1. The molecule has 6 nitrogen and oxygen atoms in total. The van der Waals surface area contributed by atoms with Gasteiger partial charge in [0, 0.05) is 12.1 Å². The first-order valence-corrected chi connectivity index (χ1v) is 8.87. The number of para-hydroxylation sites is 1. The summed E-state index contributed by atoms with van der Waals surface area (Å²) < 4.78 is 1.74. The van der Waals surface area contributed by atoms with Crippen molar-refractivity contribution in [1.29, 1.82) is 0 Å². The van der Waals surface area contributed by atoms with Gasteiger partial charge >= 0.3 is 0 Å². The van der Waals surface area contributed by atoms with E-state index in [1.54, 1.807) is 10.9 Å². The summed E-state index contributed by atoms with van der Waals surface area (Å²) in [6, 6.07) is 19.6. The Kier molecular flexibility index (Phi) is 4.53. The van der Waals surface area contributed by atoms with Crippen LogP contribution in [-0.2, 0) is 6.42 Å². The maximum absolute atomic E-state index is 12.6. The van der Waals surface area contributed by atoms with Gasteiger partial charge in [-0.1, -0.05) is 59.9 Å². The summed E-state index contributed by atoms with van der Waals surface area (Å²) in [5.41, 5.74) is 2.47. The lowest BCUT2D eigenvalue weighted by Gasteiger charge is -2.06. The average Bonchev–Trinajstić information content (AvgIpc) is 3.33. The van der Waals surface area contributed by atoms with Gasteiger partial charge < -0.3 is 0 Å². The molecule has 2 aromatic heterocycles. The largest absolute Gasteiger partial charge is 0.295 e. The number of carbonyl (C=O) groups is 1. The molecule has 0 aliphatic carbocycles. The fourth-order valence-electron chi connectivity index (χ4n) is 2.56. The normalized spacial score (nSPS) is 10.6. The van der Waals surface area contributed by atoms with Crippen LogP contribution in [0.25, 0.3) is 5.69 Å². The highest BCUT2D eigenvalue weighted by atomic mass is 32.1. The van der Waals surface area contributed by atoms with E-state index >= 15 is 0 Å². The van der Waals surface area contributed by atoms with Gasteiger partial charge in [-0.25, -0.2) is 4.98 Å². The van der Waals surface area contributed by atoms with Crippen molar-refractivity contribution in [3.8, 4) is 5.69 Å². The van der Waals surface area contributed by atoms with Crippen LogP contribution in [0.5, 0.6) is 0 Å². The predicted octanol–water partition coefficient (Wildman–Crippen LogP) is 3.57. The van der Waals surface area contributed by atoms with Crippen LogP contribution in [0.3, 0.4) is 0 Å². The number of rotatable bonds is 5. The summed E-state index contributed by atoms with van der Waals surface area (Å²) in [7, 11) is 0. The number of benzene rings is 2. The maximum Gasteiger partial charge on any atom is 0.276 e. The van der Waals surface area contributed by atoms with Gasteiger partial charge in [0.2, 0.25) is 5.13 Å². The van der Waals surface area contributed by atoms with Gasteiger partial charge in [0.15, 0.2) is 0 Å². The van der Waals surface area contributed by atoms with Crippen LogP contribution in [0.1, 0.15) is 21.1 Å². The molecule has 0 fully saturated rings. The Labute approximate surface area is 154 Å². The molecule has 0 aliphatic rings. The van der Waals surface area contributed by atoms with Crippen molar-refractivity contribution in [2.45, 2.75) is 6.42 Å². The van der Waals surface area contributed by atoms with Crippen LogP contribution in [0, 0.1) is 0 Å². The number of carbonyl (C=O) groups excluding carboxylic acids is 1. The summed E-state index contributed by atoms with van der Waals surface area (Å²) in [5, 5.41) is 12.4. The van der Waals surface area contributed by atoms with E-state index < -0.39 is 0 Å². The minimum absolute atomic E-state index is 0.270. The summed E-state index contributed by atoms with van der Waals surface area (Å²) in [4.78, 5) is 16.7. The number of imidazole rings is 1. The van der Waals surface area contributed by atoms with Gasteiger partial charge in [-0.15, -0.1) is 10.2 Å². The van der Waals surface area contributed by atoms with E-state index in [9.17, 15) is 4.79 Å². The third-order valence-corrected chi connectivity index (χ3v) is 4.63. The van der Waals surface area contributed by atoms with E-state index in [1.165, 1.54) is 17.5 Å². The zero-order chi connectivity index (χ0) is 17.8. The molecule has 4 rings (SSSR count). The lowest BCUT2D eigenvalue weighted by atomic mass is 10.2. The second-order valence-electron chi connectivity index (χ2n) is 5.60. The van der Waals surface area contributed by atoms with Gasteiger partial charge in [0.25, 0.3) is 5.91 Å². The molecule has 1 amide bonds. The van der Waals surface area contributed by atoms with Gasteiger partial charge in [-0.3, -0.25) is 14.7 Å². The van der Waals surface area contributed by atoms with E-state index in [2.05, 4.69) is 20.5 Å². The topological polar surface area (TPSA) is 72.7 Å². The van der Waals surface area contributed by atoms with Crippen molar-refractivity contribution >= 4 is 22.4 Å². The van der Waals surface area contributed by atoms with Crippen LogP contribution in [0.15, 0.2) is 73.2 Å². The summed E-state index contributed by atoms with van der Waals surface area (Å²) in [5.74, 6) is -0.270. The molecule has 0 bridgehead atoms. The second kappa shape index (κ2) is 7.28. The van der Waals surface area contributed by atoms with Gasteiger partial charge in [-0.2, -0.15) is 0 Å². The number of nitrogens with zero attached hydrogens (tertiary/aromatic N) is 4. The highest BCUT2D eigenvalue weighted by molar-refractivity contribution is 7.15. The molecule has 0 saturated heterocycles. The van der Waals surface area contributed by atoms with Crippen LogP contribution in [-0.4, -0.2) is 25.7 Å². The second-order valence-corrected chi connectivity index (χ2v) is 6.66. The molecule has 2 aromatic carbocycles. The molecule has 0 radical (unpaired) electrons. The molecule has 0 aliphatic heterocycles. The molecule has 0 atom stereocenters. The highest BCUT2D eigenvalue weighted by Crippen LogP contribution is 2.20. The predicted molar refractivity (Wildman–Crippen MR) is 101 cm³/mol. The fraction of sp³-hybridized carbons (Fsp3) is 0.0526. The van der Waals surface area contributed by atoms with Crippen molar-refractivity contribution in [2.24, 2.45) is 0 Å². The Morgan fingerprint density at radius 2 is 1.73 bits per heavy atom. The quantitative estimate of drug-likeness (QED) is 0.590. The molecule has 0 spiro atoms. The molecule has 0 saturated carbocycles. The highest BCUT2D eigenvalue weighted by Gasteiger charge is 2.15. The monoisotopic (exact) mass is 361 g/mol. The smallest absolute Gasteiger partial charge is 0.276 e. The first-order valence-electron chi connectivity index (χ1n) is 8.05. The van der Waals surface area contributed by atoms with E-state index in [0.29, 0.717) is 17.2 Å². The molecule has 4 aromatic rings. The standard InChI is InChI=1S/C19H15N5OS/c25-18(16-12-20-13-24(16)15-9-5-2-6-10-15)21-19-23-22-17(26-19)11-14-7-3-1-4-8-14/h1-10,12-13H,11H2,(H,21,23,25). The van der Waals surface area contributed by atoms with Crippen LogP contribution < -0.4 is 5.32 Å². The molecular formula is C19H15N5OS. The third kappa shape index (κ3) is 3.52. The average molecular weight is 361 g/mol. The maximum atomic E-state index is 12.6. The zero-order valence-electron chi connectivity index (χ0n) is 13.7. The molecule has 2 heterocycles. The van der Waals surface area contributed by atoms with Crippen molar-refractivity contribution < 1.29 is 4.79 Å². The van der Waals surface area contributed by atoms with Crippen molar-refractivity contribution in [2.75, 3.05) is 5.32 Å². The van der Waals surface area contributed by atoms with Gasteiger partial charge in [0.05, 0.1) is 12.5 Å². The Hall–Kier alpha value is -3.32. The van der Waals surface area contributed by atoms with E-state index in [4.69, 9.17) is 0 Å².